The topological polar surface area (TPSA) is 6.25 Å². The smallest absolute Gasteiger partial charge is 0.217 e. The molecule has 0 fully saturated rings. The second-order valence-corrected chi connectivity index (χ2v) is 3.05. The van der Waals surface area contributed by atoms with Gasteiger partial charge in [-0.2, -0.15) is 0 Å². The van der Waals surface area contributed by atoms with Crippen molar-refractivity contribution in [2.24, 2.45) is 0 Å². The van der Waals surface area contributed by atoms with Gasteiger partial charge in [-0.3, -0.25) is 0 Å². The minimum Gasteiger partial charge on any atom is -0.323 e. The normalized spacial score (nSPS) is 16.9. The zero-order chi connectivity index (χ0) is 8.10. The molecule has 1 rings (SSSR count). The van der Waals surface area contributed by atoms with Crippen LogP contribution in [-0.2, 0) is 0 Å². The molecule has 1 aliphatic rings. The second-order valence-electron chi connectivity index (χ2n) is 3.05. The Balaban J connectivity index is 2.28. The summed E-state index contributed by atoms with van der Waals surface area (Å²) in [6.45, 7) is 4.45. The van der Waals surface area contributed by atoms with Gasteiger partial charge < -0.3 is 4.90 Å². The lowest BCUT2D eigenvalue weighted by Gasteiger charge is -2.18. The van der Waals surface area contributed by atoms with Crippen molar-refractivity contribution in [3.63, 3.8) is 0 Å². The maximum absolute atomic E-state index is 2.34. The number of rotatable bonds is 3. The van der Waals surface area contributed by atoms with Crippen LogP contribution in [-0.4, -0.2) is 36.0 Å². The first-order valence-corrected chi connectivity index (χ1v) is 4.29. The van der Waals surface area contributed by atoms with E-state index in [1.165, 1.54) is 19.4 Å². The Morgan fingerprint density at radius 2 is 2.36 bits per heavy atom. The summed E-state index contributed by atoms with van der Waals surface area (Å²) in [5, 5.41) is 0. The second kappa shape index (κ2) is 4.16. The SMILES string of the molecule is CCCCN1C=CC=[N+](C)C1. The molecule has 1 heterocycles. The zero-order valence-electron chi connectivity index (χ0n) is 7.45. The van der Waals surface area contributed by atoms with Gasteiger partial charge in [0.1, 0.15) is 7.05 Å². The number of unbranched alkanes of at least 4 members (excludes halogenated alkanes) is 1. The van der Waals surface area contributed by atoms with E-state index >= 15 is 0 Å². The van der Waals surface area contributed by atoms with E-state index in [-0.39, 0.29) is 0 Å². The van der Waals surface area contributed by atoms with Crippen LogP contribution >= 0.6 is 0 Å². The molecule has 62 valence electrons. The first kappa shape index (κ1) is 8.31. The highest BCUT2D eigenvalue weighted by Crippen LogP contribution is 1.97. The maximum Gasteiger partial charge on any atom is 0.217 e. The van der Waals surface area contributed by atoms with E-state index < -0.39 is 0 Å². The van der Waals surface area contributed by atoms with Gasteiger partial charge in [-0.15, -0.1) is 0 Å². The van der Waals surface area contributed by atoms with Crippen molar-refractivity contribution >= 4 is 6.21 Å². The number of hydrogen-bond acceptors (Lipinski definition) is 1. The van der Waals surface area contributed by atoms with Crippen LogP contribution in [0, 0.1) is 0 Å². The van der Waals surface area contributed by atoms with E-state index in [4.69, 9.17) is 0 Å². The average Bonchev–Trinajstić information content (AvgIpc) is 2.01. The van der Waals surface area contributed by atoms with Gasteiger partial charge in [-0.05, 0) is 6.42 Å². The lowest BCUT2D eigenvalue weighted by Crippen LogP contribution is -2.30. The molecule has 0 radical (unpaired) electrons. The van der Waals surface area contributed by atoms with Gasteiger partial charge in [0, 0.05) is 18.8 Å². The third kappa shape index (κ3) is 2.74. The summed E-state index contributed by atoms with van der Waals surface area (Å²) in [7, 11) is 2.10. The molecule has 0 unspecified atom stereocenters. The summed E-state index contributed by atoms with van der Waals surface area (Å²) in [6.07, 6.45) is 8.92. The van der Waals surface area contributed by atoms with Crippen LogP contribution in [0.2, 0.25) is 0 Å². The molecule has 0 atom stereocenters. The lowest BCUT2D eigenvalue weighted by molar-refractivity contribution is -0.514. The molecule has 0 aliphatic carbocycles. The molecule has 0 aromatic rings. The molecule has 0 aromatic carbocycles. The van der Waals surface area contributed by atoms with Crippen molar-refractivity contribution in [2.45, 2.75) is 19.8 Å². The fourth-order valence-electron chi connectivity index (χ4n) is 1.19. The summed E-state index contributed by atoms with van der Waals surface area (Å²) < 4.78 is 2.19. The van der Waals surface area contributed by atoms with Crippen molar-refractivity contribution in [1.82, 2.24) is 4.90 Å². The standard InChI is InChI=1S/C9H17N2/c1-3-4-7-11-8-5-6-10(2)9-11/h5-6,8H,3-4,7,9H2,1-2H3/q+1. The van der Waals surface area contributed by atoms with Crippen molar-refractivity contribution in [3.8, 4) is 0 Å². The first-order chi connectivity index (χ1) is 5.33. The minimum absolute atomic E-state index is 1.04. The van der Waals surface area contributed by atoms with Crippen molar-refractivity contribution in [2.75, 3.05) is 20.3 Å². The van der Waals surface area contributed by atoms with Crippen LogP contribution in [0.1, 0.15) is 19.8 Å². The van der Waals surface area contributed by atoms with Crippen LogP contribution < -0.4 is 0 Å². The van der Waals surface area contributed by atoms with Crippen LogP contribution in [0.15, 0.2) is 12.3 Å². The maximum atomic E-state index is 2.34. The molecular weight excluding hydrogens is 136 g/mol. The third-order valence-electron chi connectivity index (χ3n) is 1.84. The Morgan fingerprint density at radius 3 is 3.00 bits per heavy atom. The van der Waals surface area contributed by atoms with Gasteiger partial charge in [-0.1, -0.05) is 13.3 Å². The molecule has 0 saturated carbocycles. The molecule has 0 bridgehead atoms. The van der Waals surface area contributed by atoms with E-state index in [0.717, 1.165) is 6.67 Å². The Bertz CT molecular complexity index is 170. The highest BCUT2D eigenvalue weighted by atomic mass is 15.2. The molecule has 0 N–H and O–H groups in total. The number of nitrogens with zero attached hydrogens (tertiary/aromatic N) is 2. The Hall–Kier alpha value is -0.790. The fraction of sp³-hybridized carbons (Fsp3) is 0.667. The molecule has 2 heteroatoms. The van der Waals surface area contributed by atoms with Crippen molar-refractivity contribution < 1.29 is 4.58 Å². The summed E-state index contributed by atoms with van der Waals surface area (Å²) in [6, 6.07) is 0. The largest absolute Gasteiger partial charge is 0.323 e. The molecule has 0 amide bonds. The molecule has 0 saturated heterocycles. The lowest BCUT2D eigenvalue weighted by atomic mass is 10.3. The van der Waals surface area contributed by atoms with Crippen LogP contribution in [0.5, 0.6) is 0 Å². The minimum atomic E-state index is 1.04. The van der Waals surface area contributed by atoms with E-state index in [1.54, 1.807) is 0 Å². The third-order valence-corrected chi connectivity index (χ3v) is 1.84. The fourth-order valence-corrected chi connectivity index (χ4v) is 1.19. The highest BCUT2D eigenvalue weighted by molar-refractivity contribution is 5.66. The Morgan fingerprint density at radius 1 is 1.55 bits per heavy atom. The van der Waals surface area contributed by atoms with Crippen molar-refractivity contribution in [1.29, 1.82) is 0 Å². The Kier molecular flexibility index (Phi) is 3.14. The summed E-state index contributed by atoms with van der Waals surface area (Å²) in [5.41, 5.74) is 0. The van der Waals surface area contributed by atoms with Gasteiger partial charge in [-0.25, -0.2) is 4.58 Å². The van der Waals surface area contributed by atoms with Crippen LogP contribution in [0.3, 0.4) is 0 Å². The van der Waals surface area contributed by atoms with E-state index in [0.29, 0.717) is 0 Å². The zero-order valence-corrected chi connectivity index (χ0v) is 7.45. The van der Waals surface area contributed by atoms with Gasteiger partial charge >= 0.3 is 0 Å². The average molecular weight is 153 g/mol. The molecule has 11 heavy (non-hydrogen) atoms. The summed E-state index contributed by atoms with van der Waals surface area (Å²) >= 11 is 0. The van der Waals surface area contributed by atoms with Gasteiger partial charge in [0.2, 0.25) is 6.67 Å². The van der Waals surface area contributed by atoms with E-state index in [2.05, 4.69) is 41.9 Å². The molecule has 1 aliphatic heterocycles. The Labute approximate surface area is 68.8 Å². The summed E-state index contributed by atoms with van der Waals surface area (Å²) in [4.78, 5) is 2.34. The van der Waals surface area contributed by atoms with Crippen LogP contribution in [0.4, 0.5) is 0 Å². The van der Waals surface area contributed by atoms with Crippen LogP contribution in [0.25, 0.3) is 0 Å². The highest BCUT2D eigenvalue weighted by Gasteiger charge is 2.06. The molecule has 2 nitrogen and oxygen atoms in total. The van der Waals surface area contributed by atoms with Gasteiger partial charge in [0.05, 0.1) is 0 Å². The van der Waals surface area contributed by atoms with Gasteiger partial charge in [0.25, 0.3) is 0 Å². The quantitative estimate of drug-likeness (QED) is 0.554. The molecule has 0 aromatic heterocycles. The van der Waals surface area contributed by atoms with Gasteiger partial charge in [0.15, 0.2) is 6.21 Å². The first-order valence-electron chi connectivity index (χ1n) is 4.29. The summed E-state index contributed by atoms with van der Waals surface area (Å²) in [5.74, 6) is 0. The predicted octanol–water partition coefficient (Wildman–Crippen LogP) is 1.29. The van der Waals surface area contributed by atoms with E-state index in [9.17, 15) is 0 Å². The predicted molar refractivity (Wildman–Crippen MR) is 47.9 cm³/mol. The monoisotopic (exact) mass is 153 g/mol. The number of allylic oxidation sites excluding steroid dienone is 1. The van der Waals surface area contributed by atoms with E-state index in [1.807, 2.05) is 0 Å². The molecule has 0 spiro atoms. The number of hydrogen-bond donors (Lipinski definition) is 0. The van der Waals surface area contributed by atoms with Crippen molar-refractivity contribution in [3.05, 3.63) is 12.3 Å². The molecular formula is C9H17N2+.